The second-order valence-electron chi connectivity index (χ2n) is 3.90. The van der Waals surface area contributed by atoms with Gasteiger partial charge in [-0.25, -0.2) is 17.6 Å². The molecule has 0 amide bonds. The van der Waals surface area contributed by atoms with E-state index in [1.807, 2.05) is 0 Å². The predicted molar refractivity (Wildman–Crippen MR) is 63.8 cm³/mol. The van der Waals surface area contributed by atoms with Crippen LogP contribution < -0.4 is 5.73 Å². The van der Waals surface area contributed by atoms with Crippen molar-refractivity contribution in [2.45, 2.75) is 6.04 Å². The van der Waals surface area contributed by atoms with Crippen LogP contribution in [0, 0.1) is 23.3 Å². The fourth-order valence-electron chi connectivity index (χ4n) is 1.74. The van der Waals surface area contributed by atoms with Gasteiger partial charge in [0, 0.05) is 11.1 Å². The molecule has 2 rings (SSSR count). The molecule has 2 aromatic carbocycles. The Morgan fingerprint density at radius 2 is 1.47 bits per heavy atom. The van der Waals surface area contributed by atoms with Crippen molar-refractivity contribution in [2.24, 2.45) is 5.73 Å². The van der Waals surface area contributed by atoms with E-state index in [0.717, 1.165) is 24.3 Å². The molecule has 1 nitrogen and oxygen atoms in total. The topological polar surface area (TPSA) is 26.0 Å². The van der Waals surface area contributed by atoms with Crippen molar-refractivity contribution in [1.29, 1.82) is 0 Å². The second kappa shape index (κ2) is 5.19. The van der Waals surface area contributed by atoms with E-state index >= 15 is 0 Å². The van der Waals surface area contributed by atoms with Gasteiger partial charge in [-0.15, -0.1) is 0 Å². The van der Waals surface area contributed by atoms with Crippen molar-refractivity contribution >= 4 is 11.6 Å². The molecule has 19 heavy (non-hydrogen) atoms. The van der Waals surface area contributed by atoms with Crippen LogP contribution in [0.2, 0.25) is 5.02 Å². The van der Waals surface area contributed by atoms with E-state index in [2.05, 4.69) is 0 Å². The van der Waals surface area contributed by atoms with E-state index in [9.17, 15) is 17.6 Å². The van der Waals surface area contributed by atoms with E-state index in [4.69, 9.17) is 17.3 Å². The van der Waals surface area contributed by atoms with E-state index in [1.54, 1.807) is 0 Å². The molecule has 0 aliphatic carbocycles. The average molecular weight is 290 g/mol. The van der Waals surface area contributed by atoms with Gasteiger partial charge in [-0.05, 0) is 24.3 Å². The summed E-state index contributed by atoms with van der Waals surface area (Å²) in [6.45, 7) is 0. The third kappa shape index (κ3) is 2.57. The van der Waals surface area contributed by atoms with Crippen molar-refractivity contribution in [2.75, 3.05) is 0 Å². The standard InChI is InChI=1S/C13H8ClF4N/c14-7-5-10(17)6(4-11(7)18)13(19)12-8(15)2-1-3-9(12)16/h1-5,13H,19H2. The van der Waals surface area contributed by atoms with Gasteiger partial charge in [0.05, 0.1) is 11.1 Å². The van der Waals surface area contributed by atoms with Crippen LogP contribution in [-0.2, 0) is 0 Å². The lowest BCUT2D eigenvalue weighted by atomic mass is 9.98. The molecule has 0 aromatic heterocycles. The lowest BCUT2D eigenvalue weighted by Crippen LogP contribution is -2.17. The molecule has 0 fully saturated rings. The Bertz CT molecular complexity index is 610. The van der Waals surface area contributed by atoms with Crippen LogP contribution >= 0.6 is 11.6 Å². The molecule has 0 radical (unpaired) electrons. The van der Waals surface area contributed by atoms with E-state index in [-0.39, 0.29) is 5.56 Å². The Balaban J connectivity index is 2.56. The zero-order valence-corrected chi connectivity index (χ0v) is 10.2. The van der Waals surface area contributed by atoms with Gasteiger partial charge in [-0.3, -0.25) is 0 Å². The molecular formula is C13H8ClF4N. The summed E-state index contributed by atoms with van der Waals surface area (Å²) in [4.78, 5) is 0. The number of hydrogen-bond donors (Lipinski definition) is 1. The zero-order chi connectivity index (χ0) is 14.2. The molecule has 1 atom stereocenters. The summed E-state index contributed by atoms with van der Waals surface area (Å²) >= 11 is 5.40. The molecule has 0 heterocycles. The summed E-state index contributed by atoms with van der Waals surface area (Å²) in [5, 5.41) is -0.428. The van der Waals surface area contributed by atoms with Crippen LogP contribution in [0.25, 0.3) is 0 Å². The summed E-state index contributed by atoms with van der Waals surface area (Å²) in [6, 6.07) is 3.11. The maximum absolute atomic E-state index is 13.7. The maximum atomic E-state index is 13.7. The summed E-state index contributed by atoms with van der Waals surface area (Å²) in [5.41, 5.74) is 4.71. The molecule has 0 saturated heterocycles. The van der Waals surface area contributed by atoms with Crippen molar-refractivity contribution < 1.29 is 17.6 Å². The molecule has 0 saturated carbocycles. The molecule has 0 aliphatic rings. The minimum Gasteiger partial charge on any atom is -0.320 e. The second-order valence-corrected chi connectivity index (χ2v) is 4.31. The minimum atomic E-state index is -1.46. The first-order valence-electron chi connectivity index (χ1n) is 5.25. The molecule has 0 aliphatic heterocycles. The fourth-order valence-corrected chi connectivity index (χ4v) is 1.89. The molecule has 0 spiro atoms. The normalized spacial score (nSPS) is 12.5. The molecular weight excluding hydrogens is 282 g/mol. The monoisotopic (exact) mass is 289 g/mol. The molecule has 0 bridgehead atoms. The molecule has 1 unspecified atom stereocenters. The summed E-state index contributed by atoms with van der Waals surface area (Å²) in [7, 11) is 0. The van der Waals surface area contributed by atoms with Gasteiger partial charge < -0.3 is 5.73 Å². The van der Waals surface area contributed by atoms with Crippen LogP contribution in [-0.4, -0.2) is 0 Å². The van der Waals surface area contributed by atoms with Crippen molar-refractivity contribution in [3.8, 4) is 0 Å². The summed E-state index contributed by atoms with van der Waals surface area (Å²) < 4.78 is 54.0. The van der Waals surface area contributed by atoms with E-state index < -0.39 is 39.9 Å². The zero-order valence-electron chi connectivity index (χ0n) is 9.43. The summed E-state index contributed by atoms with van der Waals surface area (Å²) in [5.74, 6) is -3.70. The van der Waals surface area contributed by atoms with Crippen LogP contribution in [0.15, 0.2) is 30.3 Å². The number of nitrogens with two attached hydrogens (primary N) is 1. The fraction of sp³-hybridized carbons (Fsp3) is 0.0769. The molecule has 100 valence electrons. The van der Waals surface area contributed by atoms with Crippen molar-refractivity contribution in [3.63, 3.8) is 0 Å². The number of hydrogen-bond acceptors (Lipinski definition) is 1. The SMILES string of the molecule is NC(c1cc(F)c(Cl)cc1F)c1c(F)cccc1F. The lowest BCUT2D eigenvalue weighted by molar-refractivity contribution is 0.528. The van der Waals surface area contributed by atoms with Crippen LogP contribution in [0.4, 0.5) is 17.6 Å². The van der Waals surface area contributed by atoms with Gasteiger partial charge in [0.15, 0.2) is 0 Å². The minimum absolute atomic E-state index is 0.370. The van der Waals surface area contributed by atoms with Gasteiger partial charge in [0.1, 0.15) is 23.3 Å². The first-order valence-corrected chi connectivity index (χ1v) is 5.63. The summed E-state index contributed by atoms with van der Waals surface area (Å²) in [6.07, 6.45) is 0. The van der Waals surface area contributed by atoms with Gasteiger partial charge >= 0.3 is 0 Å². The highest BCUT2D eigenvalue weighted by atomic mass is 35.5. The smallest absolute Gasteiger partial charge is 0.142 e. The third-order valence-electron chi connectivity index (χ3n) is 2.69. The van der Waals surface area contributed by atoms with Crippen LogP contribution in [0.1, 0.15) is 17.2 Å². The number of rotatable bonds is 2. The van der Waals surface area contributed by atoms with Gasteiger partial charge in [0.2, 0.25) is 0 Å². The van der Waals surface area contributed by atoms with Crippen LogP contribution in [0.5, 0.6) is 0 Å². The Kier molecular flexibility index (Phi) is 3.78. The lowest BCUT2D eigenvalue weighted by Gasteiger charge is -2.15. The van der Waals surface area contributed by atoms with Crippen LogP contribution in [0.3, 0.4) is 0 Å². The Hall–Kier alpha value is -1.59. The average Bonchev–Trinajstić information content (AvgIpc) is 2.33. The van der Waals surface area contributed by atoms with Gasteiger partial charge in [0.25, 0.3) is 0 Å². The van der Waals surface area contributed by atoms with Crippen molar-refractivity contribution in [1.82, 2.24) is 0 Å². The predicted octanol–water partition coefficient (Wildman–Crippen LogP) is 3.94. The maximum Gasteiger partial charge on any atom is 0.142 e. The highest BCUT2D eigenvalue weighted by Gasteiger charge is 2.22. The van der Waals surface area contributed by atoms with Crippen molar-refractivity contribution in [3.05, 3.63) is 69.8 Å². The highest BCUT2D eigenvalue weighted by molar-refractivity contribution is 6.30. The van der Waals surface area contributed by atoms with Gasteiger partial charge in [-0.1, -0.05) is 17.7 Å². The Labute approximate surface area is 111 Å². The Morgan fingerprint density at radius 3 is 2.05 bits per heavy atom. The van der Waals surface area contributed by atoms with E-state index in [1.165, 1.54) is 0 Å². The van der Waals surface area contributed by atoms with E-state index in [0.29, 0.717) is 6.07 Å². The molecule has 2 aromatic rings. The largest absolute Gasteiger partial charge is 0.320 e. The first-order chi connectivity index (χ1) is 8.91. The quantitative estimate of drug-likeness (QED) is 0.657. The highest BCUT2D eigenvalue weighted by Crippen LogP contribution is 2.29. The van der Waals surface area contributed by atoms with Gasteiger partial charge in [-0.2, -0.15) is 0 Å². The molecule has 6 heteroatoms. The number of benzene rings is 2. The Morgan fingerprint density at radius 1 is 0.895 bits per heavy atom. The number of halogens is 5. The molecule has 2 N–H and O–H groups in total. The third-order valence-corrected chi connectivity index (χ3v) is 2.98. The first kappa shape index (κ1) is 13.8.